The highest BCUT2D eigenvalue weighted by atomic mass is 16.5. The summed E-state index contributed by atoms with van der Waals surface area (Å²) in [6.07, 6.45) is 0.579. The summed E-state index contributed by atoms with van der Waals surface area (Å²) in [5.41, 5.74) is 7.84. The van der Waals surface area contributed by atoms with Crippen LogP contribution >= 0.6 is 0 Å². The lowest BCUT2D eigenvalue weighted by Gasteiger charge is -2.16. The molecule has 10 heteroatoms. The van der Waals surface area contributed by atoms with Crippen molar-refractivity contribution in [2.75, 3.05) is 6.61 Å². The van der Waals surface area contributed by atoms with E-state index in [2.05, 4.69) is 15.4 Å². The maximum atomic E-state index is 12.6. The lowest BCUT2D eigenvalue weighted by atomic mass is 10.1. The summed E-state index contributed by atoms with van der Waals surface area (Å²) >= 11 is 0. The van der Waals surface area contributed by atoms with Crippen molar-refractivity contribution in [3.8, 4) is 11.4 Å². The number of nitrogen functional groups attached to an aromatic ring is 1. The van der Waals surface area contributed by atoms with Gasteiger partial charge in [0.2, 0.25) is 6.23 Å². The highest BCUT2D eigenvalue weighted by molar-refractivity contribution is 5.94. The van der Waals surface area contributed by atoms with Gasteiger partial charge in [-0.25, -0.2) is 9.67 Å². The summed E-state index contributed by atoms with van der Waals surface area (Å²) < 4.78 is 7.00. The molecule has 0 radical (unpaired) electrons. The molecule has 3 aromatic rings. The number of ether oxygens (including phenoxy) is 1. The van der Waals surface area contributed by atoms with Crippen molar-refractivity contribution in [3.63, 3.8) is 0 Å². The van der Waals surface area contributed by atoms with Gasteiger partial charge in [-0.15, -0.1) is 5.10 Å². The summed E-state index contributed by atoms with van der Waals surface area (Å²) in [7, 11) is 0. The number of nitrogens with two attached hydrogens (primary N) is 1. The van der Waals surface area contributed by atoms with Gasteiger partial charge in [-0.1, -0.05) is 54.6 Å². The van der Waals surface area contributed by atoms with Crippen LogP contribution in [-0.2, 0) is 20.9 Å². The molecule has 0 saturated heterocycles. The number of hydrogen-bond donors (Lipinski definition) is 4. The molecule has 32 heavy (non-hydrogen) atoms. The predicted molar refractivity (Wildman–Crippen MR) is 119 cm³/mol. The van der Waals surface area contributed by atoms with Crippen LogP contribution in [0.1, 0.15) is 31.2 Å². The fourth-order valence-corrected chi connectivity index (χ4v) is 2.62. The van der Waals surface area contributed by atoms with Gasteiger partial charge in [0.25, 0.3) is 11.9 Å². The fourth-order valence-electron chi connectivity index (χ4n) is 2.62. The van der Waals surface area contributed by atoms with Crippen molar-refractivity contribution in [2.45, 2.75) is 26.6 Å². The van der Waals surface area contributed by atoms with E-state index in [1.54, 1.807) is 12.1 Å². The van der Waals surface area contributed by atoms with Gasteiger partial charge in [-0.3, -0.25) is 15.0 Å². The van der Waals surface area contributed by atoms with Crippen molar-refractivity contribution in [1.82, 2.24) is 20.1 Å². The Kier molecular flexibility index (Phi) is 9.05. The first-order valence-electron chi connectivity index (χ1n) is 9.80. The van der Waals surface area contributed by atoms with Crippen LogP contribution in [0.25, 0.3) is 11.4 Å². The third-order valence-electron chi connectivity index (χ3n) is 4.06. The van der Waals surface area contributed by atoms with E-state index in [9.17, 15) is 4.79 Å². The molecule has 0 aliphatic carbocycles. The second kappa shape index (κ2) is 12.0. The van der Waals surface area contributed by atoms with Gasteiger partial charge in [-0.05, 0) is 12.5 Å². The Morgan fingerprint density at radius 1 is 1.19 bits per heavy atom. The van der Waals surface area contributed by atoms with Gasteiger partial charge in [0, 0.05) is 31.2 Å². The van der Waals surface area contributed by atoms with Crippen LogP contribution in [0.15, 0.2) is 60.9 Å². The third-order valence-corrected chi connectivity index (χ3v) is 4.06. The highest BCUT2D eigenvalue weighted by Gasteiger charge is 2.22. The average molecular weight is 438 g/mol. The van der Waals surface area contributed by atoms with Gasteiger partial charge in [0.05, 0.1) is 0 Å². The molecule has 0 spiro atoms. The fraction of sp³-hybridized carbons (Fsp3) is 0.227. The van der Waals surface area contributed by atoms with E-state index in [4.69, 9.17) is 25.8 Å². The SMILES string of the molecule is CC(=O)O.CCOC(C(=O)NCc1ccc(C(=N)N)cc1)n1cnc(-c2ccccc2)n1. The molecule has 1 amide bonds. The van der Waals surface area contributed by atoms with Crippen molar-refractivity contribution in [3.05, 3.63) is 72.1 Å². The molecule has 1 unspecified atom stereocenters. The standard InChI is InChI=1S/C20H22N6O2.C2H4O2/c1-2-28-20(26-13-24-18(25-26)16-6-4-3-5-7-16)19(27)23-12-14-8-10-15(11-9-14)17(21)22;1-2(3)4/h3-11,13,20H,2,12H2,1H3,(H3,21,22)(H,23,27);1H3,(H,3,4). The number of carbonyl (C=O) groups is 2. The summed E-state index contributed by atoms with van der Waals surface area (Å²) in [4.78, 5) is 25.9. The van der Waals surface area contributed by atoms with Crippen LogP contribution in [0.2, 0.25) is 0 Å². The zero-order chi connectivity index (χ0) is 23.5. The Hall–Kier alpha value is -4.05. The van der Waals surface area contributed by atoms with Crippen molar-refractivity contribution >= 4 is 17.7 Å². The number of aromatic nitrogens is 3. The number of nitrogens with zero attached hydrogens (tertiary/aromatic N) is 3. The predicted octanol–water partition coefficient (Wildman–Crippen LogP) is 2.17. The number of carbonyl (C=O) groups excluding carboxylic acids is 1. The molecule has 168 valence electrons. The molecule has 2 aromatic carbocycles. The number of nitrogens with one attached hydrogen (secondary N) is 2. The molecule has 0 aliphatic heterocycles. The molecule has 0 bridgehead atoms. The summed E-state index contributed by atoms with van der Waals surface area (Å²) in [5.74, 6) is -0.618. The Bertz CT molecular complexity index is 1030. The van der Waals surface area contributed by atoms with Gasteiger partial charge in [0.15, 0.2) is 5.82 Å². The van der Waals surface area contributed by atoms with Crippen molar-refractivity contribution in [2.24, 2.45) is 5.73 Å². The monoisotopic (exact) mass is 438 g/mol. The first-order chi connectivity index (χ1) is 15.3. The van der Waals surface area contributed by atoms with E-state index in [-0.39, 0.29) is 11.7 Å². The zero-order valence-corrected chi connectivity index (χ0v) is 17.9. The minimum absolute atomic E-state index is 0.00685. The zero-order valence-electron chi connectivity index (χ0n) is 17.9. The number of carboxylic acids is 1. The Balaban J connectivity index is 0.000000837. The van der Waals surface area contributed by atoms with Gasteiger partial charge in [-0.2, -0.15) is 0 Å². The van der Waals surface area contributed by atoms with Gasteiger partial charge in [0.1, 0.15) is 12.2 Å². The van der Waals surface area contributed by atoms with E-state index in [0.717, 1.165) is 18.1 Å². The topological polar surface area (TPSA) is 156 Å². The van der Waals surface area contributed by atoms with Gasteiger partial charge < -0.3 is 20.9 Å². The van der Waals surface area contributed by atoms with E-state index >= 15 is 0 Å². The summed E-state index contributed by atoms with van der Waals surface area (Å²) in [5, 5.41) is 22.1. The molecular formula is C22H26N6O4. The molecule has 1 aromatic heterocycles. The molecule has 10 nitrogen and oxygen atoms in total. The number of carboxylic acid groups (broad SMARTS) is 1. The number of amides is 1. The Labute approximate surface area is 185 Å². The molecule has 1 heterocycles. The van der Waals surface area contributed by atoms with E-state index in [1.165, 1.54) is 11.0 Å². The van der Waals surface area contributed by atoms with Crippen LogP contribution in [0.3, 0.4) is 0 Å². The van der Waals surface area contributed by atoms with Crippen LogP contribution < -0.4 is 11.1 Å². The first-order valence-corrected chi connectivity index (χ1v) is 9.80. The van der Waals surface area contributed by atoms with Crippen molar-refractivity contribution in [1.29, 1.82) is 5.41 Å². The summed E-state index contributed by atoms with van der Waals surface area (Å²) in [6, 6.07) is 16.6. The van der Waals surface area contributed by atoms with E-state index in [1.807, 2.05) is 49.4 Å². The second-order valence-electron chi connectivity index (χ2n) is 6.57. The van der Waals surface area contributed by atoms with E-state index < -0.39 is 12.2 Å². The smallest absolute Gasteiger partial charge is 0.300 e. The number of rotatable bonds is 8. The maximum Gasteiger partial charge on any atom is 0.300 e. The molecule has 3 rings (SSSR count). The van der Waals surface area contributed by atoms with E-state index in [0.29, 0.717) is 24.5 Å². The lowest BCUT2D eigenvalue weighted by molar-refractivity contribution is -0.140. The largest absolute Gasteiger partial charge is 0.481 e. The molecular weight excluding hydrogens is 412 g/mol. The maximum absolute atomic E-state index is 12.6. The normalized spacial score (nSPS) is 11.1. The third kappa shape index (κ3) is 7.33. The number of aliphatic carboxylic acids is 1. The lowest BCUT2D eigenvalue weighted by Crippen LogP contribution is -2.34. The van der Waals surface area contributed by atoms with Crippen LogP contribution in [0, 0.1) is 5.41 Å². The minimum Gasteiger partial charge on any atom is -0.481 e. The summed E-state index contributed by atoms with van der Waals surface area (Å²) in [6.45, 7) is 3.57. The molecule has 0 saturated carbocycles. The first kappa shape index (κ1) is 24.2. The Morgan fingerprint density at radius 2 is 1.81 bits per heavy atom. The molecule has 5 N–H and O–H groups in total. The van der Waals surface area contributed by atoms with Crippen LogP contribution in [0.4, 0.5) is 0 Å². The minimum atomic E-state index is -0.911. The number of amidine groups is 1. The number of benzene rings is 2. The second-order valence-corrected chi connectivity index (χ2v) is 6.57. The van der Waals surface area contributed by atoms with Gasteiger partial charge >= 0.3 is 0 Å². The molecule has 1 atom stereocenters. The molecule has 0 fully saturated rings. The van der Waals surface area contributed by atoms with Crippen LogP contribution in [-0.4, -0.2) is 44.2 Å². The Morgan fingerprint density at radius 3 is 2.38 bits per heavy atom. The highest BCUT2D eigenvalue weighted by Crippen LogP contribution is 2.16. The quantitative estimate of drug-likeness (QED) is 0.310. The molecule has 0 aliphatic rings. The number of hydrogen-bond acceptors (Lipinski definition) is 6. The van der Waals surface area contributed by atoms with Crippen molar-refractivity contribution < 1.29 is 19.4 Å². The average Bonchev–Trinajstić information content (AvgIpc) is 3.26. The van der Waals surface area contributed by atoms with Crippen LogP contribution in [0.5, 0.6) is 0 Å².